The van der Waals surface area contributed by atoms with Gasteiger partial charge in [0, 0.05) is 49.8 Å². The van der Waals surface area contributed by atoms with Gasteiger partial charge < -0.3 is 9.88 Å². The summed E-state index contributed by atoms with van der Waals surface area (Å²) in [6.45, 7) is 4.72. The first-order valence-corrected chi connectivity index (χ1v) is 10.6. The van der Waals surface area contributed by atoms with E-state index < -0.39 is 0 Å². The summed E-state index contributed by atoms with van der Waals surface area (Å²) in [6.07, 6.45) is 0. The highest BCUT2D eigenvalue weighted by Gasteiger charge is 2.21. The number of nitrogens with zero attached hydrogens (tertiary/aromatic N) is 3. The lowest BCUT2D eigenvalue weighted by atomic mass is 10.1. The second-order valence-electron chi connectivity index (χ2n) is 7.10. The Balaban J connectivity index is 1.49. The fourth-order valence-corrected chi connectivity index (χ4v) is 4.94. The molecule has 5 rings (SSSR count). The smallest absolute Gasteiger partial charge is 0.253 e. The van der Waals surface area contributed by atoms with Crippen LogP contribution in [0.4, 0.5) is 0 Å². The molecule has 2 aliphatic heterocycles. The maximum atomic E-state index is 12.3. The molecule has 0 unspecified atom stereocenters. The van der Waals surface area contributed by atoms with Crippen molar-refractivity contribution in [3.63, 3.8) is 0 Å². The molecule has 1 N–H and O–H groups in total. The molecule has 0 spiro atoms. The van der Waals surface area contributed by atoms with E-state index in [1.54, 1.807) is 0 Å². The molecule has 1 amide bonds. The predicted octanol–water partition coefficient (Wildman–Crippen LogP) is 3.00. The van der Waals surface area contributed by atoms with E-state index >= 15 is 0 Å². The van der Waals surface area contributed by atoms with E-state index in [9.17, 15) is 4.79 Å². The largest absolute Gasteiger partial charge is 0.350 e. The Morgan fingerprint density at radius 3 is 2.67 bits per heavy atom. The van der Waals surface area contributed by atoms with Crippen molar-refractivity contribution in [1.29, 1.82) is 0 Å². The van der Waals surface area contributed by atoms with Crippen LogP contribution >= 0.6 is 11.8 Å². The number of thioether (sulfide) groups is 1. The molecule has 0 aliphatic carbocycles. The number of hydrogen-bond acceptors (Lipinski definition) is 4. The molecule has 138 valence electrons. The van der Waals surface area contributed by atoms with Gasteiger partial charge in [0.05, 0.1) is 16.6 Å². The third kappa shape index (κ3) is 3.13. The van der Waals surface area contributed by atoms with E-state index in [1.807, 2.05) is 30.0 Å². The molecule has 1 aromatic heterocycles. The predicted molar refractivity (Wildman–Crippen MR) is 110 cm³/mol. The Morgan fingerprint density at radius 2 is 1.85 bits per heavy atom. The number of carbonyl (C=O) groups is 1. The Morgan fingerprint density at radius 1 is 1.04 bits per heavy atom. The van der Waals surface area contributed by atoms with Gasteiger partial charge in [-0.25, -0.2) is 4.98 Å². The molecule has 0 atom stereocenters. The molecule has 0 radical (unpaired) electrons. The van der Waals surface area contributed by atoms with Gasteiger partial charge in [0.25, 0.3) is 5.91 Å². The first kappa shape index (κ1) is 16.8. The van der Waals surface area contributed by atoms with Crippen molar-refractivity contribution in [2.75, 3.05) is 31.1 Å². The van der Waals surface area contributed by atoms with Crippen LogP contribution in [0.25, 0.3) is 22.4 Å². The van der Waals surface area contributed by atoms with Crippen molar-refractivity contribution in [3.05, 3.63) is 53.6 Å². The summed E-state index contributed by atoms with van der Waals surface area (Å²) in [5, 5.41) is 2.98. The lowest BCUT2D eigenvalue weighted by Gasteiger charge is -2.26. The zero-order valence-electron chi connectivity index (χ0n) is 15.1. The van der Waals surface area contributed by atoms with Crippen molar-refractivity contribution >= 4 is 28.7 Å². The highest BCUT2D eigenvalue weighted by atomic mass is 32.2. The molecule has 1 fully saturated rings. The number of aromatic nitrogens is 2. The van der Waals surface area contributed by atoms with Gasteiger partial charge in [-0.2, -0.15) is 11.8 Å². The van der Waals surface area contributed by atoms with Gasteiger partial charge in [-0.05, 0) is 17.7 Å². The molecular formula is C21H22N4OS. The van der Waals surface area contributed by atoms with E-state index in [0.717, 1.165) is 35.5 Å². The monoisotopic (exact) mass is 378 g/mol. The summed E-state index contributed by atoms with van der Waals surface area (Å²) in [6, 6.07) is 14.5. The molecule has 2 aliphatic rings. The van der Waals surface area contributed by atoms with Crippen LogP contribution in [-0.4, -0.2) is 51.5 Å². The highest BCUT2D eigenvalue weighted by molar-refractivity contribution is 7.99. The van der Waals surface area contributed by atoms with Gasteiger partial charge in [-0.1, -0.05) is 30.3 Å². The van der Waals surface area contributed by atoms with Crippen LogP contribution in [0.15, 0.2) is 42.5 Å². The Kier molecular flexibility index (Phi) is 4.38. The minimum absolute atomic E-state index is 0.0131. The number of benzene rings is 2. The molecule has 0 saturated carbocycles. The first-order valence-electron chi connectivity index (χ1n) is 9.46. The fourth-order valence-electron chi connectivity index (χ4n) is 3.96. The summed E-state index contributed by atoms with van der Waals surface area (Å²) in [4.78, 5) is 19.7. The number of para-hydroxylation sites is 1. The molecule has 3 heterocycles. The standard InChI is InChI=1S/C21H22N4OS/c26-21-17-2-1-3-18-19(17)25(9-8-22-21)20(23-18)16-6-4-15(5-7-16)14-24-10-12-27-13-11-24/h1-7H,8-14H2,(H,22,26). The minimum Gasteiger partial charge on any atom is -0.350 e. The zero-order chi connectivity index (χ0) is 18.2. The van der Waals surface area contributed by atoms with Gasteiger partial charge in [0.15, 0.2) is 0 Å². The van der Waals surface area contributed by atoms with Crippen LogP contribution in [-0.2, 0) is 13.1 Å². The van der Waals surface area contributed by atoms with Gasteiger partial charge in [0.2, 0.25) is 0 Å². The van der Waals surface area contributed by atoms with Crippen molar-refractivity contribution in [2.24, 2.45) is 0 Å². The number of rotatable bonds is 3. The molecule has 2 aromatic carbocycles. The quantitative estimate of drug-likeness (QED) is 0.761. The Hall–Kier alpha value is -2.31. The van der Waals surface area contributed by atoms with Crippen LogP contribution in [0.1, 0.15) is 15.9 Å². The second kappa shape index (κ2) is 7.02. The van der Waals surface area contributed by atoms with Crippen LogP contribution < -0.4 is 5.32 Å². The number of carbonyl (C=O) groups excluding carboxylic acids is 1. The van der Waals surface area contributed by atoms with E-state index in [2.05, 4.69) is 39.0 Å². The lowest BCUT2D eigenvalue weighted by molar-refractivity contribution is 0.0956. The van der Waals surface area contributed by atoms with Gasteiger partial charge in [-0.15, -0.1) is 0 Å². The molecule has 5 nitrogen and oxygen atoms in total. The van der Waals surface area contributed by atoms with Crippen molar-refractivity contribution in [3.8, 4) is 11.4 Å². The van der Waals surface area contributed by atoms with E-state index in [-0.39, 0.29) is 5.91 Å². The first-order chi connectivity index (χ1) is 13.3. The average Bonchev–Trinajstić information content (AvgIpc) is 2.99. The summed E-state index contributed by atoms with van der Waals surface area (Å²) in [7, 11) is 0. The molecule has 27 heavy (non-hydrogen) atoms. The van der Waals surface area contributed by atoms with E-state index in [4.69, 9.17) is 4.98 Å². The van der Waals surface area contributed by atoms with Gasteiger partial charge >= 0.3 is 0 Å². The lowest BCUT2D eigenvalue weighted by Crippen LogP contribution is -2.31. The maximum Gasteiger partial charge on any atom is 0.253 e. The third-order valence-corrected chi connectivity index (χ3v) is 6.30. The van der Waals surface area contributed by atoms with Gasteiger partial charge in [-0.3, -0.25) is 9.69 Å². The van der Waals surface area contributed by atoms with E-state index in [1.165, 1.54) is 30.2 Å². The maximum absolute atomic E-state index is 12.3. The van der Waals surface area contributed by atoms with Crippen LogP contribution in [0.5, 0.6) is 0 Å². The van der Waals surface area contributed by atoms with Crippen LogP contribution in [0.3, 0.4) is 0 Å². The highest BCUT2D eigenvalue weighted by Crippen LogP contribution is 2.28. The number of amides is 1. The van der Waals surface area contributed by atoms with Crippen molar-refractivity contribution in [2.45, 2.75) is 13.1 Å². The molecular weight excluding hydrogens is 356 g/mol. The topological polar surface area (TPSA) is 50.2 Å². The average molecular weight is 379 g/mol. The zero-order valence-corrected chi connectivity index (χ0v) is 16.0. The number of nitrogens with one attached hydrogen (secondary N) is 1. The summed E-state index contributed by atoms with van der Waals surface area (Å²) in [5.41, 5.74) is 4.98. The number of hydrogen-bond donors (Lipinski definition) is 1. The van der Waals surface area contributed by atoms with Crippen LogP contribution in [0.2, 0.25) is 0 Å². The van der Waals surface area contributed by atoms with Gasteiger partial charge in [0.1, 0.15) is 5.82 Å². The SMILES string of the molecule is O=C1NCCn2c(-c3ccc(CN4CCSCC4)cc3)nc3cccc1c32. The molecule has 0 bridgehead atoms. The minimum atomic E-state index is -0.0131. The number of imidazole rings is 1. The van der Waals surface area contributed by atoms with Crippen LogP contribution in [0, 0.1) is 0 Å². The third-order valence-electron chi connectivity index (χ3n) is 5.35. The van der Waals surface area contributed by atoms with Crippen molar-refractivity contribution < 1.29 is 4.79 Å². The Bertz CT molecular complexity index is 989. The second-order valence-corrected chi connectivity index (χ2v) is 8.33. The Labute approximate surface area is 162 Å². The molecule has 3 aromatic rings. The molecule has 1 saturated heterocycles. The van der Waals surface area contributed by atoms with Crippen molar-refractivity contribution in [1.82, 2.24) is 19.8 Å². The molecule has 6 heteroatoms. The van der Waals surface area contributed by atoms with E-state index in [0.29, 0.717) is 12.1 Å². The summed E-state index contributed by atoms with van der Waals surface area (Å²) >= 11 is 2.04. The fraction of sp³-hybridized carbons (Fsp3) is 0.333. The summed E-state index contributed by atoms with van der Waals surface area (Å²) in [5.74, 6) is 3.39. The summed E-state index contributed by atoms with van der Waals surface area (Å²) < 4.78 is 2.18. The normalized spacial score (nSPS) is 17.7.